The number of nitrogens with one attached hydrogen (secondary N) is 2. The summed E-state index contributed by atoms with van der Waals surface area (Å²) in [5.41, 5.74) is 0.995. The quantitative estimate of drug-likeness (QED) is 0.839. The summed E-state index contributed by atoms with van der Waals surface area (Å²) in [6, 6.07) is 8.72. The lowest BCUT2D eigenvalue weighted by Crippen LogP contribution is -2.31. The van der Waals surface area contributed by atoms with Gasteiger partial charge in [0, 0.05) is 23.5 Å². The van der Waals surface area contributed by atoms with Gasteiger partial charge in [0.2, 0.25) is 0 Å². The molecular weight excluding hydrogens is 342 g/mol. The Morgan fingerprint density at radius 2 is 1.76 bits per heavy atom. The number of sulfonamides is 1. The maximum atomic E-state index is 12.3. The molecule has 0 radical (unpaired) electrons. The van der Waals surface area contributed by atoms with E-state index in [1.165, 1.54) is 36.5 Å². The molecule has 1 aliphatic carbocycles. The third-order valence-electron chi connectivity index (χ3n) is 3.82. The standard InChI is InChI=1S/C17H17N3O4S/c1-11-15(3-2-10-18-11)17(22)20-25(23,24)14-8-4-12(5-9-14)16(21)19-13-6-7-13/h2-5,8-10,13H,6-7H2,1H3,(H,19,21)(H,20,22). The van der Waals surface area contributed by atoms with Crippen molar-refractivity contribution in [1.82, 2.24) is 15.0 Å². The van der Waals surface area contributed by atoms with E-state index in [0.717, 1.165) is 12.8 Å². The van der Waals surface area contributed by atoms with Crippen molar-refractivity contribution >= 4 is 21.8 Å². The molecule has 0 bridgehead atoms. The molecule has 1 aliphatic rings. The van der Waals surface area contributed by atoms with Crippen molar-refractivity contribution in [3.05, 3.63) is 59.4 Å². The second-order valence-electron chi connectivity index (χ2n) is 5.84. The molecule has 130 valence electrons. The van der Waals surface area contributed by atoms with E-state index >= 15 is 0 Å². The van der Waals surface area contributed by atoms with Gasteiger partial charge in [-0.2, -0.15) is 0 Å². The van der Waals surface area contributed by atoms with E-state index in [1.54, 1.807) is 13.0 Å². The van der Waals surface area contributed by atoms with Crippen LogP contribution in [0.4, 0.5) is 0 Å². The van der Waals surface area contributed by atoms with Crippen molar-refractivity contribution in [2.75, 3.05) is 0 Å². The van der Waals surface area contributed by atoms with Crippen LogP contribution in [0.25, 0.3) is 0 Å². The lowest BCUT2D eigenvalue weighted by Gasteiger charge is -2.09. The smallest absolute Gasteiger partial charge is 0.266 e. The van der Waals surface area contributed by atoms with E-state index in [1.807, 2.05) is 4.72 Å². The number of benzene rings is 1. The van der Waals surface area contributed by atoms with E-state index in [2.05, 4.69) is 10.3 Å². The second-order valence-corrected chi connectivity index (χ2v) is 7.53. The Hall–Kier alpha value is -2.74. The number of pyridine rings is 1. The third-order valence-corrected chi connectivity index (χ3v) is 5.16. The summed E-state index contributed by atoms with van der Waals surface area (Å²) in [5.74, 6) is -0.984. The zero-order chi connectivity index (χ0) is 18.0. The Morgan fingerprint density at radius 3 is 2.36 bits per heavy atom. The number of hydrogen-bond donors (Lipinski definition) is 2. The first-order valence-corrected chi connectivity index (χ1v) is 9.25. The largest absolute Gasteiger partial charge is 0.349 e. The Labute approximate surface area is 145 Å². The molecule has 1 aromatic carbocycles. The molecule has 0 spiro atoms. The summed E-state index contributed by atoms with van der Waals surface area (Å²) in [6.45, 7) is 1.62. The molecule has 25 heavy (non-hydrogen) atoms. The number of amides is 2. The highest BCUT2D eigenvalue weighted by atomic mass is 32.2. The Bertz CT molecular complexity index is 919. The third kappa shape index (κ3) is 4.03. The minimum Gasteiger partial charge on any atom is -0.349 e. The number of rotatable bonds is 5. The zero-order valence-corrected chi connectivity index (χ0v) is 14.3. The van der Waals surface area contributed by atoms with Gasteiger partial charge in [0.1, 0.15) is 0 Å². The molecule has 1 saturated carbocycles. The molecule has 1 fully saturated rings. The second kappa shape index (κ2) is 6.64. The van der Waals surface area contributed by atoms with E-state index in [9.17, 15) is 18.0 Å². The van der Waals surface area contributed by atoms with Gasteiger partial charge in [0.05, 0.1) is 10.5 Å². The Morgan fingerprint density at radius 1 is 1.08 bits per heavy atom. The summed E-state index contributed by atoms with van der Waals surface area (Å²) in [6.07, 6.45) is 3.46. The molecule has 0 aliphatic heterocycles. The number of carbonyl (C=O) groups excluding carboxylic acids is 2. The SMILES string of the molecule is Cc1ncccc1C(=O)NS(=O)(=O)c1ccc(C(=O)NC2CC2)cc1. The molecule has 2 aromatic rings. The van der Waals surface area contributed by atoms with Gasteiger partial charge in [0.15, 0.2) is 0 Å². The monoisotopic (exact) mass is 359 g/mol. The number of aromatic nitrogens is 1. The van der Waals surface area contributed by atoms with Crippen molar-refractivity contribution in [2.45, 2.75) is 30.7 Å². The Balaban J connectivity index is 1.74. The van der Waals surface area contributed by atoms with Gasteiger partial charge < -0.3 is 5.32 Å². The number of hydrogen-bond acceptors (Lipinski definition) is 5. The molecule has 0 atom stereocenters. The van der Waals surface area contributed by atoms with Gasteiger partial charge in [-0.25, -0.2) is 13.1 Å². The minimum absolute atomic E-state index is 0.0923. The van der Waals surface area contributed by atoms with Crippen LogP contribution in [0.3, 0.4) is 0 Å². The molecule has 8 heteroatoms. The molecule has 0 unspecified atom stereocenters. The van der Waals surface area contributed by atoms with Crippen molar-refractivity contribution in [2.24, 2.45) is 0 Å². The highest BCUT2D eigenvalue weighted by Gasteiger charge is 2.24. The highest BCUT2D eigenvalue weighted by molar-refractivity contribution is 7.90. The normalized spacial score (nSPS) is 14.0. The van der Waals surface area contributed by atoms with E-state index in [-0.39, 0.29) is 22.4 Å². The average Bonchev–Trinajstić information content (AvgIpc) is 3.39. The van der Waals surface area contributed by atoms with Gasteiger partial charge in [-0.05, 0) is 56.2 Å². The summed E-state index contributed by atoms with van der Waals surface area (Å²) in [5, 5.41) is 2.82. The zero-order valence-electron chi connectivity index (χ0n) is 13.5. The number of nitrogens with zero attached hydrogens (tertiary/aromatic N) is 1. The van der Waals surface area contributed by atoms with Crippen LogP contribution < -0.4 is 10.0 Å². The van der Waals surface area contributed by atoms with Crippen LogP contribution in [0.5, 0.6) is 0 Å². The van der Waals surface area contributed by atoms with Crippen molar-refractivity contribution in [1.29, 1.82) is 0 Å². The summed E-state index contributed by atoms with van der Waals surface area (Å²) in [7, 11) is -4.04. The summed E-state index contributed by atoms with van der Waals surface area (Å²) in [4.78, 5) is 28.0. The number of carbonyl (C=O) groups is 2. The molecular formula is C17H17N3O4S. The highest BCUT2D eigenvalue weighted by Crippen LogP contribution is 2.19. The first-order chi connectivity index (χ1) is 11.9. The average molecular weight is 359 g/mol. The van der Waals surface area contributed by atoms with Gasteiger partial charge >= 0.3 is 0 Å². The van der Waals surface area contributed by atoms with E-state index < -0.39 is 15.9 Å². The van der Waals surface area contributed by atoms with E-state index in [4.69, 9.17) is 0 Å². The molecule has 2 amide bonds. The fourth-order valence-electron chi connectivity index (χ4n) is 2.24. The predicted molar refractivity (Wildman–Crippen MR) is 90.6 cm³/mol. The molecule has 0 saturated heterocycles. The van der Waals surface area contributed by atoms with Crippen LogP contribution in [0, 0.1) is 6.92 Å². The molecule has 2 N–H and O–H groups in total. The van der Waals surface area contributed by atoms with Gasteiger partial charge in [-0.1, -0.05) is 0 Å². The first kappa shape index (κ1) is 17.1. The summed E-state index contributed by atoms with van der Waals surface area (Å²) >= 11 is 0. The maximum Gasteiger partial charge on any atom is 0.266 e. The van der Waals surface area contributed by atoms with Crippen LogP contribution in [0.15, 0.2) is 47.5 Å². The van der Waals surface area contributed by atoms with Crippen LogP contribution >= 0.6 is 0 Å². The number of aryl methyl sites for hydroxylation is 1. The topological polar surface area (TPSA) is 105 Å². The van der Waals surface area contributed by atoms with Gasteiger partial charge in [0.25, 0.3) is 21.8 Å². The molecule has 3 rings (SSSR count). The fraction of sp³-hybridized carbons (Fsp3) is 0.235. The lowest BCUT2D eigenvalue weighted by atomic mass is 10.2. The van der Waals surface area contributed by atoms with Crippen LogP contribution in [-0.2, 0) is 10.0 Å². The summed E-state index contributed by atoms with van der Waals surface area (Å²) < 4.78 is 26.7. The van der Waals surface area contributed by atoms with Gasteiger partial charge in [-0.15, -0.1) is 0 Å². The lowest BCUT2D eigenvalue weighted by molar-refractivity contribution is 0.0948. The van der Waals surface area contributed by atoms with Crippen LogP contribution in [0.2, 0.25) is 0 Å². The van der Waals surface area contributed by atoms with E-state index in [0.29, 0.717) is 11.3 Å². The van der Waals surface area contributed by atoms with Crippen LogP contribution in [-0.4, -0.2) is 31.3 Å². The molecule has 1 heterocycles. The molecule has 1 aromatic heterocycles. The Kier molecular flexibility index (Phi) is 4.54. The maximum absolute atomic E-state index is 12.3. The van der Waals surface area contributed by atoms with Crippen LogP contribution in [0.1, 0.15) is 39.3 Å². The fourth-order valence-corrected chi connectivity index (χ4v) is 3.21. The molecule has 7 nitrogen and oxygen atoms in total. The van der Waals surface area contributed by atoms with Crippen molar-refractivity contribution in [3.63, 3.8) is 0 Å². The first-order valence-electron chi connectivity index (χ1n) is 7.76. The van der Waals surface area contributed by atoms with Gasteiger partial charge in [-0.3, -0.25) is 14.6 Å². The van der Waals surface area contributed by atoms with Crippen molar-refractivity contribution in [3.8, 4) is 0 Å². The minimum atomic E-state index is -4.04. The van der Waals surface area contributed by atoms with Crippen molar-refractivity contribution < 1.29 is 18.0 Å². The predicted octanol–water partition coefficient (Wildman–Crippen LogP) is 1.40.